The van der Waals surface area contributed by atoms with E-state index in [1.807, 2.05) is 0 Å². The van der Waals surface area contributed by atoms with E-state index >= 15 is 0 Å². The second kappa shape index (κ2) is 5.97. The molecule has 1 rings (SSSR count). The van der Waals surface area contributed by atoms with Crippen molar-refractivity contribution < 1.29 is 13.9 Å². The maximum Gasteiger partial charge on any atom is 0.328 e. The topological polar surface area (TPSA) is 81.2 Å². The van der Waals surface area contributed by atoms with Crippen LogP contribution in [0.1, 0.15) is 19.8 Å². The molecule has 6 nitrogen and oxygen atoms in total. The lowest BCUT2D eigenvalue weighted by molar-refractivity contribution is -0.143. The van der Waals surface area contributed by atoms with Gasteiger partial charge in [0.05, 0.1) is 6.61 Å². The lowest BCUT2D eigenvalue weighted by Gasteiger charge is -2.04. The fraction of sp³-hybridized carbons (Fsp3) is 0.500. The number of hydrogen-bond acceptors (Lipinski definition) is 4. The van der Waals surface area contributed by atoms with Gasteiger partial charge in [-0.1, -0.05) is 0 Å². The standard InChI is InChI=1S/C10H13FN2O4/c1-2-17-8(14)4-3-5-13-9(15)7(11)6-12-10(13)16/h6H,2-5H2,1H3,(H,12,16). The van der Waals surface area contributed by atoms with Crippen molar-refractivity contribution >= 4 is 5.97 Å². The molecular formula is C10H13FN2O4. The largest absolute Gasteiger partial charge is 0.466 e. The minimum absolute atomic E-state index is 0.0231. The van der Waals surface area contributed by atoms with Crippen LogP contribution >= 0.6 is 0 Å². The zero-order valence-electron chi connectivity index (χ0n) is 9.36. The SMILES string of the molecule is CCOC(=O)CCCn1c(=O)[nH]cc(F)c1=O. The Labute approximate surface area is 96.0 Å². The van der Waals surface area contributed by atoms with E-state index in [0.29, 0.717) is 10.8 Å². The molecule has 0 radical (unpaired) electrons. The molecule has 0 saturated carbocycles. The third-order valence-electron chi connectivity index (χ3n) is 2.08. The fourth-order valence-corrected chi connectivity index (χ4v) is 1.30. The van der Waals surface area contributed by atoms with Crippen LogP contribution in [0.15, 0.2) is 15.8 Å². The lowest BCUT2D eigenvalue weighted by Crippen LogP contribution is -2.36. The molecule has 7 heteroatoms. The van der Waals surface area contributed by atoms with Crippen LogP contribution in [0.4, 0.5) is 4.39 Å². The summed E-state index contributed by atoms with van der Waals surface area (Å²) in [6.45, 7) is 1.93. The van der Waals surface area contributed by atoms with Crippen LogP contribution in [-0.4, -0.2) is 22.1 Å². The van der Waals surface area contributed by atoms with Crippen LogP contribution in [0, 0.1) is 5.82 Å². The Kier molecular flexibility index (Phi) is 4.62. The van der Waals surface area contributed by atoms with Gasteiger partial charge in [0, 0.05) is 19.2 Å². The first-order valence-corrected chi connectivity index (χ1v) is 5.20. The van der Waals surface area contributed by atoms with Gasteiger partial charge in [-0.05, 0) is 13.3 Å². The van der Waals surface area contributed by atoms with Crippen molar-refractivity contribution in [3.05, 3.63) is 32.9 Å². The molecule has 1 N–H and O–H groups in total. The number of halogens is 1. The molecule has 0 aliphatic carbocycles. The Morgan fingerprint density at radius 3 is 2.88 bits per heavy atom. The van der Waals surface area contributed by atoms with Crippen LogP contribution in [0.25, 0.3) is 0 Å². The Bertz CT molecular complexity index is 506. The Morgan fingerprint density at radius 1 is 1.53 bits per heavy atom. The summed E-state index contributed by atoms with van der Waals surface area (Å²) in [4.78, 5) is 35.5. The molecule has 17 heavy (non-hydrogen) atoms. The van der Waals surface area contributed by atoms with E-state index in [2.05, 4.69) is 9.72 Å². The first-order chi connectivity index (χ1) is 8.06. The molecule has 0 saturated heterocycles. The number of aromatic amines is 1. The Hall–Kier alpha value is -1.92. The van der Waals surface area contributed by atoms with E-state index in [9.17, 15) is 18.8 Å². The summed E-state index contributed by atoms with van der Waals surface area (Å²) < 4.78 is 18.3. The first-order valence-electron chi connectivity index (χ1n) is 5.20. The highest BCUT2D eigenvalue weighted by Crippen LogP contribution is 1.94. The van der Waals surface area contributed by atoms with E-state index in [-0.39, 0.29) is 26.0 Å². The van der Waals surface area contributed by atoms with Gasteiger partial charge in [0.1, 0.15) is 0 Å². The van der Waals surface area contributed by atoms with Gasteiger partial charge in [-0.3, -0.25) is 14.2 Å². The molecule has 0 amide bonds. The van der Waals surface area contributed by atoms with Crippen LogP contribution in [0.3, 0.4) is 0 Å². The normalized spacial score (nSPS) is 10.2. The van der Waals surface area contributed by atoms with E-state index in [4.69, 9.17) is 0 Å². The summed E-state index contributed by atoms with van der Waals surface area (Å²) in [5, 5.41) is 0. The molecule has 0 aromatic carbocycles. The van der Waals surface area contributed by atoms with Crippen molar-refractivity contribution in [2.45, 2.75) is 26.3 Å². The van der Waals surface area contributed by atoms with E-state index in [1.54, 1.807) is 6.92 Å². The number of nitrogens with one attached hydrogen (secondary N) is 1. The van der Waals surface area contributed by atoms with Gasteiger partial charge >= 0.3 is 11.7 Å². The van der Waals surface area contributed by atoms with Crippen LogP contribution < -0.4 is 11.2 Å². The van der Waals surface area contributed by atoms with Crippen LogP contribution in [0.2, 0.25) is 0 Å². The molecule has 0 fully saturated rings. The average molecular weight is 244 g/mol. The molecular weight excluding hydrogens is 231 g/mol. The molecule has 0 spiro atoms. The van der Waals surface area contributed by atoms with Crippen molar-refractivity contribution in [3.63, 3.8) is 0 Å². The van der Waals surface area contributed by atoms with E-state index in [1.165, 1.54) is 0 Å². The molecule has 0 bridgehead atoms. The van der Waals surface area contributed by atoms with Gasteiger partial charge in [-0.2, -0.15) is 4.39 Å². The number of carbonyl (C=O) groups excluding carboxylic acids is 1. The molecule has 1 heterocycles. The van der Waals surface area contributed by atoms with Crippen molar-refractivity contribution in [2.75, 3.05) is 6.61 Å². The Morgan fingerprint density at radius 2 is 2.24 bits per heavy atom. The van der Waals surface area contributed by atoms with Gasteiger partial charge < -0.3 is 9.72 Å². The molecule has 0 unspecified atom stereocenters. The molecule has 94 valence electrons. The number of esters is 1. The third kappa shape index (κ3) is 3.54. The number of ether oxygens (including phenoxy) is 1. The van der Waals surface area contributed by atoms with E-state index < -0.39 is 23.0 Å². The van der Waals surface area contributed by atoms with Crippen molar-refractivity contribution in [1.29, 1.82) is 0 Å². The fourth-order valence-electron chi connectivity index (χ4n) is 1.30. The molecule has 1 aromatic heterocycles. The van der Waals surface area contributed by atoms with Gasteiger partial charge in [-0.15, -0.1) is 0 Å². The van der Waals surface area contributed by atoms with Gasteiger partial charge in [0.2, 0.25) is 5.82 Å². The minimum Gasteiger partial charge on any atom is -0.466 e. The summed E-state index contributed by atoms with van der Waals surface area (Å²) in [5.41, 5.74) is -1.68. The number of carbonyl (C=O) groups is 1. The predicted octanol–water partition coefficient (Wildman–Crippen LogP) is 0.0190. The number of aromatic nitrogens is 2. The monoisotopic (exact) mass is 244 g/mol. The molecule has 0 aliphatic rings. The number of nitrogens with zero attached hydrogens (tertiary/aromatic N) is 1. The maximum absolute atomic E-state index is 12.9. The smallest absolute Gasteiger partial charge is 0.328 e. The summed E-state index contributed by atoms with van der Waals surface area (Å²) in [7, 11) is 0. The highest BCUT2D eigenvalue weighted by molar-refractivity contribution is 5.69. The number of hydrogen-bond donors (Lipinski definition) is 1. The van der Waals surface area contributed by atoms with Gasteiger partial charge in [-0.25, -0.2) is 4.79 Å². The van der Waals surface area contributed by atoms with Crippen LogP contribution in [0.5, 0.6) is 0 Å². The summed E-state index contributed by atoms with van der Waals surface area (Å²) in [5.74, 6) is -1.44. The van der Waals surface area contributed by atoms with E-state index in [0.717, 1.165) is 0 Å². The van der Waals surface area contributed by atoms with Crippen molar-refractivity contribution in [1.82, 2.24) is 9.55 Å². The predicted molar refractivity (Wildman–Crippen MR) is 57.1 cm³/mol. The summed E-state index contributed by atoms with van der Waals surface area (Å²) in [6.07, 6.45) is 1.04. The summed E-state index contributed by atoms with van der Waals surface area (Å²) >= 11 is 0. The maximum atomic E-state index is 12.9. The first kappa shape index (κ1) is 13.1. The second-order valence-electron chi connectivity index (χ2n) is 3.31. The Balaban J connectivity index is 2.64. The zero-order chi connectivity index (χ0) is 12.8. The zero-order valence-corrected chi connectivity index (χ0v) is 9.36. The minimum atomic E-state index is -1.03. The highest BCUT2D eigenvalue weighted by Gasteiger charge is 2.07. The van der Waals surface area contributed by atoms with Gasteiger partial charge in [0.25, 0.3) is 5.56 Å². The third-order valence-corrected chi connectivity index (χ3v) is 2.08. The highest BCUT2D eigenvalue weighted by atomic mass is 19.1. The lowest BCUT2D eigenvalue weighted by atomic mass is 10.3. The molecule has 1 aromatic rings. The number of rotatable bonds is 5. The van der Waals surface area contributed by atoms with Crippen LogP contribution in [-0.2, 0) is 16.1 Å². The van der Waals surface area contributed by atoms with Crippen molar-refractivity contribution in [3.8, 4) is 0 Å². The van der Waals surface area contributed by atoms with Gasteiger partial charge in [0.15, 0.2) is 0 Å². The average Bonchev–Trinajstić information content (AvgIpc) is 2.29. The molecule has 0 atom stereocenters. The quantitative estimate of drug-likeness (QED) is 0.740. The summed E-state index contributed by atoms with van der Waals surface area (Å²) in [6, 6.07) is 0. The second-order valence-corrected chi connectivity index (χ2v) is 3.31. The van der Waals surface area contributed by atoms with Crippen molar-refractivity contribution in [2.24, 2.45) is 0 Å². The molecule has 0 aliphatic heterocycles. The number of H-pyrrole nitrogens is 1.